The van der Waals surface area contributed by atoms with Crippen molar-refractivity contribution in [3.8, 4) is 0 Å². The molecule has 6 nitrogen and oxygen atoms in total. The van der Waals surface area contributed by atoms with Gasteiger partial charge in [0.25, 0.3) is 5.91 Å². The number of rotatable bonds is 4. The van der Waals surface area contributed by atoms with Gasteiger partial charge in [0.2, 0.25) is 5.92 Å². The van der Waals surface area contributed by atoms with E-state index in [1.165, 1.54) is 42.3 Å². The molecular formula is C22H25F5N4O2S. The lowest BCUT2D eigenvalue weighted by atomic mass is 9.99. The maximum Gasteiger partial charge on any atom is 0.418 e. The molecule has 34 heavy (non-hydrogen) atoms. The second kappa shape index (κ2) is 9.12. The highest BCUT2D eigenvalue weighted by Gasteiger charge is 2.39. The number of nitrogens with one attached hydrogen (secondary N) is 2. The predicted molar refractivity (Wildman–Crippen MR) is 119 cm³/mol. The van der Waals surface area contributed by atoms with Crippen LogP contribution in [0.1, 0.15) is 46.4 Å². The number of hydrogen-bond donors (Lipinski definition) is 2. The Morgan fingerprint density at radius 3 is 2.50 bits per heavy atom. The molecule has 0 unspecified atom stereocenters. The molecule has 1 aromatic carbocycles. The van der Waals surface area contributed by atoms with Crippen LogP contribution in [0.2, 0.25) is 0 Å². The number of benzene rings is 1. The second-order valence-electron chi connectivity index (χ2n) is 8.42. The Labute approximate surface area is 194 Å². The number of nitrogens with zero attached hydrogens (tertiary/aromatic N) is 2. The molecule has 2 heterocycles. The minimum atomic E-state index is -4.78. The van der Waals surface area contributed by atoms with Gasteiger partial charge in [-0.15, -0.1) is 0 Å². The molecule has 1 saturated heterocycles. The molecular weight excluding hydrogens is 479 g/mol. The van der Waals surface area contributed by atoms with Crippen LogP contribution in [0.15, 0.2) is 29.2 Å². The summed E-state index contributed by atoms with van der Waals surface area (Å²) >= 11 is 0. The number of aryl methyl sites for hydroxylation is 1. The van der Waals surface area contributed by atoms with Crippen molar-refractivity contribution in [2.24, 2.45) is 0 Å². The zero-order valence-electron chi connectivity index (χ0n) is 18.9. The maximum atomic E-state index is 13.9. The van der Waals surface area contributed by atoms with E-state index >= 15 is 0 Å². The average Bonchev–Trinajstić information content (AvgIpc) is 2.86. The largest absolute Gasteiger partial charge is 0.418 e. The van der Waals surface area contributed by atoms with Gasteiger partial charge in [-0.05, 0) is 44.0 Å². The number of carbonyl (C=O) groups excluding carboxylic acids is 1. The maximum absolute atomic E-state index is 13.9. The predicted octanol–water partition coefficient (Wildman–Crippen LogP) is 5.63. The van der Waals surface area contributed by atoms with Gasteiger partial charge in [0.1, 0.15) is 5.82 Å². The van der Waals surface area contributed by atoms with Gasteiger partial charge < -0.3 is 10.2 Å². The summed E-state index contributed by atoms with van der Waals surface area (Å²) in [5.74, 6) is -3.91. The molecule has 186 valence electrons. The zero-order valence-corrected chi connectivity index (χ0v) is 19.7. The van der Waals surface area contributed by atoms with Gasteiger partial charge in [0, 0.05) is 42.8 Å². The Morgan fingerprint density at radius 2 is 1.88 bits per heavy atom. The lowest BCUT2D eigenvalue weighted by Gasteiger charge is -2.27. The van der Waals surface area contributed by atoms with E-state index in [1.54, 1.807) is 0 Å². The molecule has 1 fully saturated rings. The first kappa shape index (κ1) is 25.9. The number of carbonyl (C=O) groups is 1. The lowest BCUT2D eigenvalue weighted by molar-refractivity contribution is -0.138. The van der Waals surface area contributed by atoms with Crippen molar-refractivity contribution in [2.75, 3.05) is 29.6 Å². The molecule has 0 saturated carbocycles. The van der Waals surface area contributed by atoms with Gasteiger partial charge >= 0.3 is 6.18 Å². The normalized spacial score (nSPS) is 18.2. The Hall–Kier alpha value is -2.76. The summed E-state index contributed by atoms with van der Waals surface area (Å²) in [4.78, 5) is 18.9. The number of halogens is 5. The van der Waals surface area contributed by atoms with E-state index in [0.717, 1.165) is 6.92 Å². The summed E-state index contributed by atoms with van der Waals surface area (Å²) in [5, 5.41) is 2.49. The van der Waals surface area contributed by atoms with E-state index in [2.05, 4.69) is 10.3 Å². The van der Waals surface area contributed by atoms with E-state index in [0.29, 0.717) is 0 Å². The smallest absolute Gasteiger partial charge is 0.356 e. The molecule has 0 radical (unpaired) electrons. The molecule has 2 N–H and O–H groups in total. The summed E-state index contributed by atoms with van der Waals surface area (Å²) in [6, 6.07) is 5.65. The number of alkyl halides is 5. The summed E-state index contributed by atoms with van der Waals surface area (Å²) in [6.07, 6.45) is -4.36. The number of amides is 1. The highest BCUT2D eigenvalue weighted by atomic mass is 32.2. The van der Waals surface area contributed by atoms with Crippen LogP contribution in [-0.4, -0.2) is 40.4 Å². The van der Waals surface area contributed by atoms with Crippen molar-refractivity contribution in [1.29, 1.82) is 4.78 Å². The van der Waals surface area contributed by atoms with Crippen LogP contribution in [0.5, 0.6) is 0 Å². The first-order chi connectivity index (χ1) is 15.6. The van der Waals surface area contributed by atoms with E-state index in [4.69, 9.17) is 4.78 Å². The average molecular weight is 505 g/mol. The summed E-state index contributed by atoms with van der Waals surface area (Å²) < 4.78 is 88.8. The van der Waals surface area contributed by atoms with Gasteiger partial charge in [-0.1, -0.05) is 6.07 Å². The van der Waals surface area contributed by atoms with E-state index in [1.807, 2.05) is 0 Å². The quantitative estimate of drug-likeness (QED) is 0.529. The van der Waals surface area contributed by atoms with E-state index in [-0.39, 0.29) is 59.2 Å². The third-order valence-corrected chi connectivity index (χ3v) is 6.83. The van der Waals surface area contributed by atoms with Crippen molar-refractivity contribution in [3.05, 3.63) is 46.6 Å². The molecule has 1 aromatic heterocycles. The molecule has 0 aliphatic carbocycles. The van der Waals surface area contributed by atoms with Crippen LogP contribution in [0.4, 0.5) is 33.5 Å². The molecule has 0 bridgehead atoms. The highest BCUT2D eigenvalue weighted by Crippen LogP contribution is 2.39. The number of anilines is 2. The van der Waals surface area contributed by atoms with Gasteiger partial charge in [-0.2, -0.15) is 13.2 Å². The summed E-state index contributed by atoms with van der Waals surface area (Å²) in [5.41, 5.74) is -2.00. The number of pyridine rings is 1. The SMILES string of the molecule is Cc1nc(N2CCCC(F)(F)CC2)c(C(=O)Nc2cccc([S@@](C)(=N)=O)c2)c(C)c1C(F)(F)F. The second-order valence-corrected chi connectivity index (χ2v) is 10.6. The van der Waals surface area contributed by atoms with E-state index < -0.39 is 39.7 Å². The molecule has 3 rings (SSSR count). The minimum absolute atomic E-state index is 0.0886. The third kappa shape index (κ3) is 5.65. The Morgan fingerprint density at radius 1 is 1.21 bits per heavy atom. The van der Waals surface area contributed by atoms with E-state index in [9.17, 15) is 31.0 Å². The van der Waals surface area contributed by atoms with Crippen LogP contribution in [0.3, 0.4) is 0 Å². The fourth-order valence-corrected chi connectivity index (χ4v) is 4.73. The van der Waals surface area contributed by atoms with Crippen LogP contribution in [0, 0.1) is 18.6 Å². The van der Waals surface area contributed by atoms with Gasteiger partial charge in [-0.3, -0.25) is 4.79 Å². The van der Waals surface area contributed by atoms with Crippen LogP contribution in [-0.2, 0) is 15.9 Å². The minimum Gasteiger partial charge on any atom is -0.356 e. The van der Waals surface area contributed by atoms with Gasteiger partial charge in [0.05, 0.1) is 26.5 Å². The van der Waals surface area contributed by atoms with Crippen molar-refractivity contribution < 1.29 is 31.0 Å². The Balaban J connectivity index is 2.11. The van der Waals surface area contributed by atoms with Crippen molar-refractivity contribution in [1.82, 2.24) is 4.98 Å². The van der Waals surface area contributed by atoms with Gasteiger partial charge in [0.15, 0.2) is 0 Å². The molecule has 1 amide bonds. The number of hydrogen-bond acceptors (Lipinski definition) is 5. The van der Waals surface area contributed by atoms with Gasteiger partial charge in [-0.25, -0.2) is 22.8 Å². The Kier molecular flexibility index (Phi) is 6.94. The fourth-order valence-electron chi connectivity index (χ4n) is 4.04. The highest BCUT2D eigenvalue weighted by molar-refractivity contribution is 7.91. The van der Waals surface area contributed by atoms with Crippen LogP contribution in [0.25, 0.3) is 0 Å². The van der Waals surface area contributed by atoms with Crippen molar-refractivity contribution >= 4 is 27.1 Å². The molecule has 1 aliphatic heterocycles. The van der Waals surface area contributed by atoms with Crippen molar-refractivity contribution in [2.45, 2.75) is 50.1 Å². The molecule has 1 atom stereocenters. The van der Waals surface area contributed by atoms with Crippen LogP contribution < -0.4 is 10.2 Å². The Bertz CT molecular complexity index is 1210. The molecule has 2 aromatic rings. The standard InChI is InChI=1S/C22H25F5N4O2S/c1-13-17(20(32)30-15-6-4-7-16(12-15)34(3,28)33)19(29-14(2)18(13)22(25,26)27)31-10-5-8-21(23,24)9-11-31/h4,6-7,12,28H,5,8-11H2,1-3H3,(H,30,32)/t34-/m0/s1. The lowest BCUT2D eigenvalue weighted by Crippen LogP contribution is -2.31. The first-order valence-corrected chi connectivity index (χ1v) is 12.4. The topological polar surface area (TPSA) is 86.2 Å². The monoisotopic (exact) mass is 504 g/mol. The molecule has 1 aliphatic rings. The first-order valence-electron chi connectivity index (χ1n) is 10.5. The fraction of sp³-hybridized carbons (Fsp3) is 0.455. The molecule has 0 spiro atoms. The molecule has 12 heteroatoms. The van der Waals surface area contributed by atoms with Crippen LogP contribution >= 0.6 is 0 Å². The summed E-state index contributed by atoms with van der Waals surface area (Å²) in [7, 11) is -3.10. The van der Waals surface area contributed by atoms with Crippen molar-refractivity contribution in [3.63, 3.8) is 0 Å². The number of aromatic nitrogens is 1. The zero-order chi connectivity index (χ0) is 25.5. The third-order valence-electron chi connectivity index (χ3n) is 5.68. The summed E-state index contributed by atoms with van der Waals surface area (Å²) in [6.45, 7) is 2.26.